The van der Waals surface area contributed by atoms with Crippen LogP contribution in [0.1, 0.15) is 17.5 Å². The second-order valence-corrected chi connectivity index (χ2v) is 4.49. The molecule has 2 rings (SSSR count). The average Bonchev–Trinajstić information content (AvgIpc) is 2.44. The summed E-state index contributed by atoms with van der Waals surface area (Å²) >= 11 is 0. The second-order valence-electron chi connectivity index (χ2n) is 4.49. The molecule has 1 aromatic carbocycles. The minimum atomic E-state index is -4.13. The highest BCUT2D eigenvalue weighted by atomic mass is 19.4. The van der Waals surface area contributed by atoms with Crippen molar-refractivity contribution in [2.75, 3.05) is 5.32 Å². The van der Waals surface area contributed by atoms with Gasteiger partial charge in [-0.25, -0.2) is 0 Å². The first-order valence-corrected chi connectivity index (χ1v) is 6.32. The van der Waals surface area contributed by atoms with Crippen molar-refractivity contribution >= 4 is 5.69 Å². The topological polar surface area (TPSA) is 24.9 Å². The first kappa shape index (κ1) is 14.4. The van der Waals surface area contributed by atoms with E-state index in [0.29, 0.717) is 12.1 Å². The third-order valence-electron chi connectivity index (χ3n) is 2.90. The highest BCUT2D eigenvalue weighted by Gasteiger charge is 2.26. The van der Waals surface area contributed by atoms with E-state index >= 15 is 0 Å². The predicted octanol–water partition coefficient (Wildman–Crippen LogP) is 4.19. The Hall–Kier alpha value is -2.04. The summed E-state index contributed by atoms with van der Waals surface area (Å²) in [7, 11) is 0. The van der Waals surface area contributed by atoms with E-state index in [1.54, 1.807) is 30.6 Å². The van der Waals surface area contributed by atoms with Crippen LogP contribution in [-0.4, -0.2) is 11.2 Å². The molecule has 20 heavy (non-hydrogen) atoms. The zero-order valence-electron chi connectivity index (χ0n) is 10.8. The number of pyridine rings is 1. The number of anilines is 1. The molecule has 0 saturated heterocycles. The minimum absolute atomic E-state index is 0.0142. The molecule has 2 nitrogen and oxygen atoms in total. The van der Waals surface area contributed by atoms with Gasteiger partial charge >= 0.3 is 6.18 Å². The van der Waals surface area contributed by atoms with Crippen LogP contribution < -0.4 is 5.32 Å². The summed E-state index contributed by atoms with van der Waals surface area (Å²) in [5.41, 5.74) is 2.40. The zero-order valence-corrected chi connectivity index (χ0v) is 10.8. The molecule has 0 radical (unpaired) electrons. The fraction of sp³-hybridized carbons (Fsp3) is 0.267. The van der Waals surface area contributed by atoms with Crippen molar-refractivity contribution in [2.24, 2.45) is 0 Å². The normalized spacial score (nSPS) is 11.3. The molecule has 0 spiro atoms. The van der Waals surface area contributed by atoms with Crippen molar-refractivity contribution in [1.29, 1.82) is 0 Å². The Morgan fingerprint density at radius 2 is 1.85 bits per heavy atom. The van der Waals surface area contributed by atoms with Crippen LogP contribution in [0.3, 0.4) is 0 Å². The Kier molecular flexibility index (Phi) is 4.61. The van der Waals surface area contributed by atoms with Crippen molar-refractivity contribution < 1.29 is 13.2 Å². The molecule has 0 saturated carbocycles. The summed E-state index contributed by atoms with van der Waals surface area (Å²) in [6, 6.07) is 10.8. The number of nitrogens with one attached hydrogen (secondary N) is 1. The fourth-order valence-electron chi connectivity index (χ4n) is 1.89. The van der Waals surface area contributed by atoms with Crippen LogP contribution in [0.2, 0.25) is 0 Å². The van der Waals surface area contributed by atoms with Gasteiger partial charge in [0.15, 0.2) is 0 Å². The first-order chi connectivity index (χ1) is 9.54. The van der Waals surface area contributed by atoms with Gasteiger partial charge in [0.05, 0.1) is 0 Å². The van der Waals surface area contributed by atoms with E-state index in [2.05, 4.69) is 10.3 Å². The molecule has 0 unspecified atom stereocenters. The maximum absolute atomic E-state index is 12.3. The predicted molar refractivity (Wildman–Crippen MR) is 72.4 cm³/mol. The summed E-state index contributed by atoms with van der Waals surface area (Å²) in [6.07, 6.45) is -1.54. The summed E-state index contributed by atoms with van der Waals surface area (Å²) in [6.45, 7) is 0.539. The van der Waals surface area contributed by atoms with Gasteiger partial charge in [0.25, 0.3) is 0 Å². The highest BCUT2D eigenvalue weighted by Crippen LogP contribution is 2.25. The molecule has 5 heteroatoms. The van der Waals surface area contributed by atoms with Gasteiger partial charge in [0.1, 0.15) is 0 Å². The summed E-state index contributed by atoms with van der Waals surface area (Å²) in [5.74, 6) is 0. The quantitative estimate of drug-likeness (QED) is 0.888. The lowest BCUT2D eigenvalue weighted by atomic mass is 10.1. The van der Waals surface area contributed by atoms with E-state index in [1.807, 2.05) is 18.2 Å². The number of hydrogen-bond donors (Lipinski definition) is 1. The first-order valence-electron chi connectivity index (χ1n) is 6.32. The number of alkyl halides is 3. The van der Waals surface area contributed by atoms with E-state index in [1.165, 1.54) is 0 Å². The van der Waals surface area contributed by atoms with E-state index in [0.717, 1.165) is 11.3 Å². The largest absolute Gasteiger partial charge is 0.389 e. The number of benzene rings is 1. The van der Waals surface area contributed by atoms with Gasteiger partial charge in [-0.05, 0) is 29.7 Å². The molecule has 0 bridgehead atoms. The summed E-state index contributed by atoms with van der Waals surface area (Å²) in [5, 5.41) is 3.16. The average molecular weight is 280 g/mol. The Balaban J connectivity index is 2.01. The van der Waals surface area contributed by atoms with Crippen LogP contribution in [0.4, 0.5) is 18.9 Å². The van der Waals surface area contributed by atoms with Crippen LogP contribution >= 0.6 is 0 Å². The van der Waals surface area contributed by atoms with Crippen LogP contribution in [-0.2, 0) is 13.0 Å². The summed E-state index contributed by atoms with van der Waals surface area (Å²) < 4.78 is 36.9. The Morgan fingerprint density at radius 3 is 2.55 bits per heavy atom. The van der Waals surface area contributed by atoms with Gasteiger partial charge in [0, 0.05) is 31.0 Å². The number of nitrogens with zero attached hydrogens (tertiary/aromatic N) is 1. The lowest BCUT2D eigenvalue weighted by molar-refractivity contribution is -0.133. The van der Waals surface area contributed by atoms with Gasteiger partial charge in [-0.1, -0.05) is 24.3 Å². The van der Waals surface area contributed by atoms with Gasteiger partial charge in [-0.15, -0.1) is 0 Å². The minimum Gasteiger partial charge on any atom is -0.381 e. The van der Waals surface area contributed by atoms with E-state index < -0.39 is 12.6 Å². The maximum atomic E-state index is 12.3. The van der Waals surface area contributed by atoms with E-state index in [9.17, 15) is 13.2 Å². The van der Waals surface area contributed by atoms with Gasteiger partial charge in [-0.2, -0.15) is 13.2 Å². The van der Waals surface area contributed by atoms with Crippen LogP contribution in [0.5, 0.6) is 0 Å². The van der Waals surface area contributed by atoms with Gasteiger partial charge in [-0.3, -0.25) is 4.98 Å². The lowest BCUT2D eigenvalue weighted by Gasteiger charge is -2.13. The Bertz CT molecular complexity index is 538. The zero-order chi connectivity index (χ0) is 14.4. The molecule has 2 aromatic rings. The van der Waals surface area contributed by atoms with Gasteiger partial charge < -0.3 is 5.32 Å². The number of rotatable bonds is 5. The van der Waals surface area contributed by atoms with Gasteiger partial charge in [0.2, 0.25) is 0 Å². The molecule has 0 aliphatic rings. The number of aryl methyl sites for hydroxylation is 1. The molecule has 1 heterocycles. The molecule has 106 valence electrons. The van der Waals surface area contributed by atoms with Crippen LogP contribution in [0.15, 0.2) is 48.8 Å². The van der Waals surface area contributed by atoms with E-state index in [-0.39, 0.29) is 6.42 Å². The van der Waals surface area contributed by atoms with Crippen LogP contribution in [0.25, 0.3) is 0 Å². The molecule has 0 fully saturated rings. The summed E-state index contributed by atoms with van der Waals surface area (Å²) in [4.78, 5) is 4.00. The van der Waals surface area contributed by atoms with E-state index in [4.69, 9.17) is 0 Å². The maximum Gasteiger partial charge on any atom is 0.389 e. The Labute approximate surface area is 115 Å². The van der Waals surface area contributed by atoms with Crippen molar-refractivity contribution in [2.45, 2.75) is 25.6 Å². The molecular formula is C15H15F3N2. The van der Waals surface area contributed by atoms with Crippen molar-refractivity contribution in [3.05, 3.63) is 59.9 Å². The van der Waals surface area contributed by atoms with Crippen molar-refractivity contribution in [3.63, 3.8) is 0 Å². The monoisotopic (exact) mass is 280 g/mol. The highest BCUT2D eigenvalue weighted by molar-refractivity contribution is 5.51. The SMILES string of the molecule is FC(F)(F)CCc1ccccc1NCc1cccnc1. The molecule has 1 N–H and O–H groups in total. The Morgan fingerprint density at radius 1 is 1.05 bits per heavy atom. The molecule has 1 aromatic heterocycles. The third kappa shape index (κ3) is 4.57. The van der Waals surface area contributed by atoms with Crippen LogP contribution in [0, 0.1) is 0 Å². The molecule has 0 atom stereocenters. The number of hydrogen-bond acceptors (Lipinski definition) is 2. The molecular weight excluding hydrogens is 265 g/mol. The smallest absolute Gasteiger partial charge is 0.381 e. The molecule has 0 aliphatic carbocycles. The lowest BCUT2D eigenvalue weighted by Crippen LogP contribution is -2.10. The standard InChI is InChI=1S/C15H15F3N2/c16-15(17,18)8-7-13-5-1-2-6-14(13)20-11-12-4-3-9-19-10-12/h1-6,9-10,20H,7-8,11H2. The molecule has 0 aliphatic heterocycles. The second kappa shape index (κ2) is 6.41. The number of para-hydroxylation sites is 1. The number of aromatic nitrogens is 1. The number of halogens is 3. The fourth-order valence-corrected chi connectivity index (χ4v) is 1.89. The third-order valence-corrected chi connectivity index (χ3v) is 2.90. The van der Waals surface area contributed by atoms with Crippen molar-refractivity contribution in [1.82, 2.24) is 4.98 Å². The molecule has 0 amide bonds. The van der Waals surface area contributed by atoms with Crippen molar-refractivity contribution in [3.8, 4) is 0 Å².